The Kier molecular flexibility index (Phi) is 4.88. The minimum absolute atomic E-state index is 0.158. The predicted octanol–water partition coefficient (Wildman–Crippen LogP) is 3.52. The van der Waals surface area contributed by atoms with E-state index in [1.165, 1.54) is 23.3 Å². The zero-order valence-electron chi connectivity index (χ0n) is 11.8. The second kappa shape index (κ2) is 6.64. The number of hydrogen-bond acceptors (Lipinski definition) is 2. The van der Waals surface area contributed by atoms with Gasteiger partial charge in [-0.25, -0.2) is 4.39 Å². The quantitative estimate of drug-likeness (QED) is 0.873. The van der Waals surface area contributed by atoms with Gasteiger partial charge in [-0.3, -0.25) is 0 Å². The third kappa shape index (κ3) is 3.89. The molecule has 2 atom stereocenters. The maximum absolute atomic E-state index is 12.8. The Labute approximate surface area is 119 Å². The Morgan fingerprint density at radius 2 is 1.55 bits per heavy atom. The average molecular weight is 273 g/mol. The Balaban J connectivity index is 1.91. The van der Waals surface area contributed by atoms with Crippen LogP contribution in [0.2, 0.25) is 0 Å². The second-order valence-corrected chi connectivity index (χ2v) is 5.11. The van der Waals surface area contributed by atoms with E-state index in [1.807, 2.05) is 0 Å². The van der Waals surface area contributed by atoms with Gasteiger partial charge in [0, 0.05) is 12.6 Å². The Morgan fingerprint density at radius 1 is 1.00 bits per heavy atom. The number of halogens is 1. The predicted molar refractivity (Wildman–Crippen MR) is 79.0 cm³/mol. The average Bonchev–Trinajstić information content (AvgIpc) is 2.46. The van der Waals surface area contributed by atoms with Gasteiger partial charge in [-0.1, -0.05) is 42.0 Å². The third-order valence-electron chi connectivity index (χ3n) is 3.45. The number of aliphatic hydroxyl groups is 1. The van der Waals surface area contributed by atoms with Gasteiger partial charge in [0.05, 0.1) is 6.10 Å². The first-order valence-corrected chi connectivity index (χ1v) is 6.80. The minimum atomic E-state index is -0.636. The summed E-state index contributed by atoms with van der Waals surface area (Å²) in [6.45, 7) is 4.54. The number of benzene rings is 2. The van der Waals surface area contributed by atoms with E-state index in [9.17, 15) is 9.50 Å². The van der Waals surface area contributed by atoms with Crippen molar-refractivity contribution >= 4 is 0 Å². The maximum Gasteiger partial charge on any atom is 0.123 e. The molecule has 20 heavy (non-hydrogen) atoms. The largest absolute Gasteiger partial charge is 0.387 e. The molecule has 2 N–H and O–H groups in total. The van der Waals surface area contributed by atoms with Crippen molar-refractivity contribution in [2.75, 3.05) is 6.54 Å². The van der Waals surface area contributed by atoms with E-state index >= 15 is 0 Å². The molecule has 0 amide bonds. The molecule has 106 valence electrons. The zero-order valence-corrected chi connectivity index (χ0v) is 11.8. The molecule has 2 nitrogen and oxygen atoms in total. The molecule has 0 bridgehead atoms. The molecular formula is C17H20FNO. The van der Waals surface area contributed by atoms with Crippen molar-refractivity contribution in [2.45, 2.75) is 26.0 Å². The molecule has 0 aliphatic heterocycles. The maximum atomic E-state index is 12.8. The first-order chi connectivity index (χ1) is 9.56. The Bertz CT molecular complexity index is 484. The molecule has 0 heterocycles. The summed E-state index contributed by atoms with van der Waals surface area (Å²) in [6.07, 6.45) is -0.636. The van der Waals surface area contributed by atoms with E-state index in [-0.39, 0.29) is 11.9 Å². The van der Waals surface area contributed by atoms with Gasteiger partial charge in [0.25, 0.3) is 0 Å². The molecule has 2 rings (SSSR count). The standard InChI is InChI=1S/C17H20FNO/c1-12-3-5-14(6-4-12)13(2)19-11-17(20)15-7-9-16(18)10-8-15/h3-10,13,17,19-20H,11H2,1-2H3/t13-,17?/m0/s1. The van der Waals surface area contributed by atoms with Crippen molar-refractivity contribution in [1.29, 1.82) is 0 Å². The van der Waals surface area contributed by atoms with Gasteiger partial charge in [0.2, 0.25) is 0 Å². The molecule has 0 saturated heterocycles. The highest BCUT2D eigenvalue weighted by Gasteiger charge is 2.10. The van der Waals surface area contributed by atoms with E-state index in [2.05, 4.69) is 43.4 Å². The van der Waals surface area contributed by atoms with Crippen LogP contribution in [0, 0.1) is 12.7 Å². The van der Waals surface area contributed by atoms with Gasteiger partial charge >= 0.3 is 0 Å². The highest BCUT2D eigenvalue weighted by atomic mass is 19.1. The fourth-order valence-electron chi connectivity index (χ4n) is 2.06. The van der Waals surface area contributed by atoms with Gasteiger partial charge in [-0.15, -0.1) is 0 Å². The smallest absolute Gasteiger partial charge is 0.123 e. The lowest BCUT2D eigenvalue weighted by atomic mass is 10.1. The lowest BCUT2D eigenvalue weighted by Gasteiger charge is -2.18. The summed E-state index contributed by atoms with van der Waals surface area (Å²) in [6, 6.07) is 14.4. The fourth-order valence-corrected chi connectivity index (χ4v) is 2.06. The van der Waals surface area contributed by atoms with E-state index < -0.39 is 6.10 Å². The lowest BCUT2D eigenvalue weighted by Crippen LogP contribution is -2.24. The SMILES string of the molecule is Cc1ccc([C@H](C)NCC(O)c2ccc(F)cc2)cc1. The molecule has 0 aliphatic rings. The second-order valence-electron chi connectivity index (χ2n) is 5.11. The van der Waals surface area contributed by atoms with Gasteiger partial charge in [-0.2, -0.15) is 0 Å². The summed E-state index contributed by atoms with van der Waals surface area (Å²) in [7, 11) is 0. The van der Waals surface area contributed by atoms with Crippen LogP contribution in [-0.2, 0) is 0 Å². The van der Waals surface area contributed by atoms with Crippen molar-refractivity contribution in [3.8, 4) is 0 Å². The van der Waals surface area contributed by atoms with E-state index in [0.717, 1.165) is 5.56 Å². The molecule has 2 aromatic carbocycles. The lowest BCUT2D eigenvalue weighted by molar-refractivity contribution is 0.170. The van der Waals surface area contributed by atoms with Gasteiger partial charge in [0.15, 0.2) is 0 Å². The Morgan fingerprint density at radius 3 is 2.15 bits per heavy atom. The molecule has 2 aromatic rings. The number of hydrogen-bond donors (Lipinski definition) is 2. The van der Waals surface area contributed by atoms with Crippen LogP contribution in [0.1, 0.15) is 35.8 Å². The molecule has 0 aromatic heterocycles. The van der Waals surface area contributed by atoms with Crippen molar-refractivity contribution in [2.24, 2.45) is 0 Å². The van der Waals surface area contributed by atoms with Crippen molar-refractivity contribution in [3.63, 3.8) is 0 Å². The molecular weight excluding hydrogens is 253 g/mol. The van der Waals surface area contributed by atoms with Crippen molar-refractivity contribution < 1.29 is 9.50 Å². The number of rotatable bonds is 5. The Hall–Kier alpha value is -1.71. The van der Waals surface area contributed by atoms with Gasteiger partial charge < -0.3 is 10.4 Å². The molecule has 0 aliphatic carbocycles. The summed E-state index contributed by atoms with van der Waals surface area (Å²) in [5, 5.41) is 13.4. The summed E-state index contributed by atoms with van der Waals surface area (Å²) in [5.41, 5.74) is 3.13. The normalized spacial score (nSPS) is 14.0. The molecule has 0 saturated carbocycles. The van der Waals surface area contributed by atoms with Crippen LogP contribution in [-0.4, -0.2) is 11.7 Å². The molecule has 0 radical (unpaired) electrons. The molecule has 0 fully saturated rings. The van der Waals surface area contributed by atoms with Crippen LogP contribution >= 0.6 is 0 Å². The van der Waals surface area contributed by atoms with Crippen LogP contribution < -0.4 is 5.32 Å². The fraction of sp³-hybridized carbons (Fsp3) is 0.294. The van der Waals surface area contributed by atoms with Crippen LogP contribution in [0.3, 0.4) is 0 Å². The van der Waals surface area contributed by atoms with Crippen LogP contribution in [0.4, 0.5) is 4.39 Å². The zero-order chi connectivity index (χ0) is 14.5. The summed E-state index contributed by atoms with van der Waals surface area (Å²) in [4.78, 5) is 0. The van der Waals surface area contributed by atoms with Crippen molar-refractivity contribution in [3.05, 3.63) is 71.0 Å². The first-order valence-electron chi connectivity index (χ1n) is 6.80. The highest BCUT2D eigenvalue weighted by Crippen LogP contribution is 2.16. The number of aryl methyl sites for hydroxylation is 1. The number of aliphatic hydroxyl groups excluding tert-OH is 1. The van der Waals surface area contributed by atoms with Crippen molar-refractivity contribution in [1.82, 2.24) is 5.32 Å². The topological polar surface area (TPSA) is 32.3 Å². The van der Waals surface area contributed by atoms with E-state index in [1.54, 1.807) is 12.1 Å². The summed E-state index contributed by atoms with van der Waals surface area (Å²) in [5.74, 6) is -0.290. The van der Waals surface area contributed by atoms with Gasteiger partial charge in [-0.05, 0) is 37.1 Å². The summed E-state index contributed by atoms with van der Waals surface area (Å²) < 4.78 is 12.8. The molecule has 3 heteroatoms. The highest BCUT2D eigenvalue weighted by molar-refractivity contribution is 5.24. The molecule has 1 unspecified atom stereocenters. The van der Waals surface area contributed by atoms with Crippen LogP contribution in [0.15, 0.2) is 48.5 Å². The third-order valence-corrected chi connectivity index (χ3v) is 3.45. The minimum Gasteiger partial charge on any atom is -0.387 e. The van der Waals surface area contributed by atoms with Crippen LogP contribution in [0.5, 0.6) is 0 Å². The first kappa shape index (κ1) is 14.7. The van der Waals surface area contributed by atoms with E-state index in [0.29, 0.717) is 6.54 Å². The summed E-state index contributed by atoms with van der Waals surface area (Å²) >= 11 is 0. The monoisotopic (exact) mass is 273 g/mol. The van der Waals surface area contributed by atoms with E-state index in [4.69, 9.17) is 0 Å². The van der Waals surface area contributed by atoms with Crippen LogP contribution in [0.25, 0.3) is 0 Å². The number of nitrogens with one attached hydrogen (secondary N) is 1. The van der Waals surface area contributed by atoms with Gasteiger partial charge in [0.1, 0.15) is 5.82 Å². The molecule has 0 spiro atoms.